The first kappa shape index (κ1) is 20.0. The van der Waals surface area contributed by atoms with Crippen molar-refractivity contribution in [2.24, 2.45) is 0 Å². The Kier molecular flexibility index (Phi) is 5.52. The molecule has 150 valence electrons. The molecule has 0 spiro atoms. The van der Waals surface area contributed by atoms with E-state index in [0.29, 0.717) is 22.8 Å². The third-order valence-electron chi connectivity index (χ3n) is 5.00. The van der Waals surface area contributed by atoms with Crippen LogP contribution in [0.3, 0.4) is 0 Å². The predicted octanol–water partition coefficient (Wildman–Crippen LogP) is 3.54. The normalized spacial score (nSPS) is 20.0. The molecule has 0 aromatic heterocycles. The second-order valence-electron chi connectivity index (χ2n) is 7.62. The first-order valence-corrected chi connectivity index (χ1v) is 9.16. The smallest absolute Gasteiger partial charge is 0.338 e. The maximum Gasteiger partial charge on any atom is 0.338 e. The molecule has 3 rings (SSSR count). The van der Waals surface area contributed by atoms with Crippen molar-refractivity contribution in [1.29, 1.82) is 0 Å². The number of hydrogen-bond donors (Lipinski definition) is 1. The largest absolute Gasteiger partial charge is 0.493 e. The van der Waals surface area contributed by atoms with Gasteiger partial charge in [0.2, 0.25) is 5.75 Å². The van der Waals surface area contributed by atoms with Crippen LogP contribution < -0.4 is 19.5 Å². The highest BCUT2D eigenvalue weighted by atomic mass is 16.5. The fourth-order valence-corrected chi connectivity index (χ4v) is 3.96. The number of rotatable bonds is 7. The van der Waals surface area contributed by atoms with Gasteiger partial charge in [0.25, 0.3) is 0 Å². The molecule has 1 fully saturated rings. The lowest BCUT2D eigenvalue weighted by Gasteiger charge is -2.54. The maximum atomic E-state index is 12.8. The number of nitrogens with one attached hydrogen (secondary N) is 1. The monoisotopic (exact) mass is 385 g/mol. The molecule has 1 heterocycles. The molecule has 6 nitrogen and oxygen atoms in total. The number of carbonyl (C=O) groups is 1. The Morgan fingerprint density at radius 2 is 1.57 bits per heavy atom. The standard InChI is InChI=1S/C22H27NO5/c1-21(2)13-22(23-21,16-9-7-6-8-10-16)14-28-20(24)15-11-17(25-3)19(27-5)18(12-15)26-4/h6-12,23H,13-14H2,1-5H3. The van der Waals surface area contributed by atoms with Crippen LogP contribution in [-0.4, -0.2) is 39.4 Å². The van der Waals surface area contributed by atoms with E-state index in [1.54, 1.807) is 12.1 Å². The van der Waals surface area contributed by atoms with E-state index < -0.39 is 5.97 Å². The van der Waals surface area contributed by atoms with Crippen LogP contribution in [-0.2, 0) is 10.3 Å². The van der Waals surface area contributed by atoms with Crippen LogP contribution in [0, 0.1) is 0 Å². The molecule has 1 unspecified atom stereocenters. The van der Waals surface area contributed by atoms with Gasteiger partial charge in [0.1, 0.15) is 6.61 Å². The Balaban J connectivity index is 1.81. The summed E-state index contributed by atoms with van der Waals surface area (Å²) in [5, 5.41) is 3.57. The number of esters is 1. The molecule has 0 aliphatic carbocycles. The molecule has 6 heteroatoms. The Hall–Kier alpha value is -2.73. The predicted molar refractivity (Wildman–Crippen MR) is 106 cm³/mol. The average Bonchev–Trinajstić information content (AvgIpc) is 2.69. The van der Waals surface area contributed by atoms with Crippen LogP contribution >= 0.6 is 0 Å². The molecule has 1 N–H and O–H groups in total. The van der Waals surface area contributed by atoms with Gasteiger partial charge in [-0.1, -0.05) is 30.3 Å². The van der Waals surface area contributed by atoms with Crippen molar-refractivity contribution in [3.63, 3.8) is 0 Å². The Morgan fingerprint density at radius 1 is 1.00 bits per heavy atom. The lowest BCUT2D eigenvalue weighted by molar-refractivity contribution is -0.0114. The molecule has 2 aromatic carbocycles. The number of ether oxygens (including phenoxy) is 4. The summed E-state index contributed by atoms with van der Waals surface area (Å²) in [6, 6.07) is 13.2. The third-order valence-corrected chi connectivity index (χ3v) is 5.00. The maximum absolute atomic E-state index is 12.8. The highest BCUT2D eigenvalue weighted by molar-refractivity contribution is 5.91. The summed E-state index contributed by atoms with van der Waals surface area (Å²) in [6.45, 7) is 4.50. The number of benzene rings is 2. The molecule has 0 radical (unpaired) electrons. The molecule has 1 saturated heterocycles. The summed E-state index contributed by atoms with van der Waals surface area (Å²) in [4.78, 5) is 12.8. The van der Waals surface area contributed by atoms with Crippen LogP contribution in [0.1, 0.15) is 36.2 Å². The zero-order chi connectivity index (χ0) is 20.4. The number of hydrogen-bond acceptors (Lipinski definition) is 6. The van der Waals surface area contributed by atoms with Crippen LogP contribution in [0.15, 0.2) is 42.5 Å². The van der Waals surface area contributed by atoms with Gasteiger partial charge in [0.05, 0.1) is 32.4 Å². The lowest BCUT2D eigenvalue weighted by Crippen LogP contribution is -2.69. The van der Waals surface area contributed by atoms with E-state index in [4.69, 9.17) is 18.9 Å². The summed E-state index contributed by atoms with van der Waals surface area (Å²) in [7, 11) is 4.54. The van der Waals surface area contributed by atoms with Crippen LogP contribution in [0.5, 0.6) is 17.2 Å². The van der Waals surface area contributed by atoms with Gasteiger partial charge in [-0.15, -0.1) is 0 Å². The highest BCUT2D eigenvalue weighted by Gasteiger charge is 2.50. The molecule has 1 aliphatic heterocycles. The van der Waals surface area contributed by atoms with Crippen molar-refractivity contribution < 1.29 is 23.7 Å². The van der Waals surface area contributed by atoms with Crippen molar-refractivity contribution in [2.75, 3.05) is 27.9 Å². The van der Waals surface area contributed by atoms with Crippen LogP contribution in [0.4, 0.5) is 0 Å². The molecule has 28 heavy (non-hydrogen) atoms. The molecular weight excluding hydrogens is 358 g/mol. The topological polar surface area (TPSA) is 66.0 Å². The van der Waals surface area contributed by atoms with E-state index in [-0.39, 0.29) is 17.7 Å². The average molecular weight is 385 g/mol. The summed E-state index contributed by atoms with van der Waals surface area (Å²) < 4.78 is 21.6. The van der Waals surface area contributed by atoms with Gasteiger partial charge >= 0.3 is 5.97 Å². The van der Waals surface area contributed by atoms with Gasteiger partial charge in [-0.2, -0.15) is 0 Å². The molecule has 1 aliphatic rings. The molecule has 1 atom stereocenters. The van der Waals surface area contributed by atoms with Gasteiger partial charge in [-0.3, -0.25) is 5.32 Å². The van der Waals surface area contributed by atoms with Crippen LogP contribution in [0.2, 0.25) is 0 Å². The SMILES string of the molecule is COc1cc(C(=O)OCC2(c3ccccc3)CC(C)(C)N2)cc(OC)c1OC. The van der Waals surface area contributed by atoms with E-state index in [1.807, 2.05) is 18.2 Å². The molecule has 0 saturated carbocycles. The van der Waals surface area contributed by atoms with Crippen molar-refractivity contribution in [3.8, 4) is 17.2 Å². The summed E-state index contributed by atoms with van der Waals surface area (Å²) >= 11 is 0. The van der Waals surface area contributed by atoms with Crippen molar-refractivity contribution in [2.45, 2.75) is 31.3 Å². The first-order chi connectivity index (χ1) is 13.3. The number of methoxy groups -OCH3 is 3. The van der Waals surface area contributed by atoms with E-state index in [2.05, 4.69) is 31.3 Å². The van der Waals surface area contributed by atoms with Crippen LogP contribution in [0.25, 0.3) is 0 Å². The minimum Gasteiger partial charge on any atom is -0.493 e. The minimum atomic E-state index is -0.443. The fraction of sp³-hybridized carbons (Fsp3) is 0.409. The van der Waals surface area contributed by atoms with Gasteiger partial charge in [0, 0.05) is 5.54 Å². The van der Waals surface area contributed by atoms with Gasteiger partial charge in [-0.05, 0) is 38.0 Å². The van der Waals surface area contributed by atoms with Crippen molar-refractivity contribution in [1.82, 2.24) is 5.32 Å². The Bertz CT molecular complexity index is 814. The fourth-order valence-electron chi connectivity index (χ4n) is 3.96. The second-order valence-corrected chi connectivity index (χ2v) is 7.62. The quantitative estimate of drug-likeness (QED) is 0.736. The molecule has 2 aromatic rings. The third kappa shape index (κ3) is 3.78. The first-order valence-electron chi connectivity index (χ1n) is 9.16. The zero-order valence-electron chi connectivity index (χ0n) is 17.0. The van der Waals surface area contributed by atoms with Gasteiger partial charge in [-0.25, -0.2) is 4.79 Å². The lowest BCUT2D eigenvalue weighted by atomic mass is 9.70. The van der Waals surface area contributed by atoms with Crippen molar-refractivity contribution >= 4 is 5.97 Å². The Labute approximate surface area is 165 Å². The summed E-state index contributed by atoms with van der Waals surface area (Å²) in [5.74, 6) is 0.815. The molecule has 0 amide bonds. The van der Waals surface area contributed by atoms with Gasteiger partial charge in [0.15, 0.2) is 11.5 Å². The molecular formula is C22H27NO5. The molecule has 0 bridgehead atoms. The van der Waals surface area contributed by atoms with E-state index in [9.17, 15) is 4.79 Å². The highest BCUT2D eigenvalue weighted by Crippen LogP contribution is 2.42. The van der Waals surface area contributed by atoms with E-state index >= 15 is 0 Å². The number of carbonyl (C=O) groups excluding carboxylic acids is 1. The van der Waals surface area contributed by atoms with E-state index in [0.717, 1.165) is 12.0 Å². The van der Waals surface area contributed by atoms with E-state index in [1.165, 1.54) is 21.3 Å². The van der Waals surface area contributed by atoms with Crippen molar-refractivity contribution in [3.05, 3.63) is 53.6 Å². The van der Waals surface area contributed by atoms with Gasteiger partial charge < -0.3 is 18.9 Å². The summed E-state index contributed by atoms with van der Waals surface area (Å²) in [5.41, 5.74) is 1.05. The Morgan fingerprint density at radius 3 is 2.04 bits per heavy atom. The summed E-state index contributed by atoms with van der Waals surface area (Å²) in [6.07, 6.45) is 0.868. The minimum absolute atomic E-state index is 0.00516. The zero-order valence-corrected chi connectivity index (χ0v) is 17.0. The second kappa shape index (κ2) is 7.72.